The third-order valence-corrected chi connectivity index (χ3v) is 3.01. The lowest BCUT2D eigenvalue weighted by molar-refractivity contribution is 0.0924. The molecule has 1 saturated heterocycles. The number of halogens is 3. The number of nitrogens with one attached hydrogen (secondary N) is 2. The molecule has 1 amide bonds. The topological polar surface area (TPSA) is 61.4 Å². The quantitative estimate of drug-likeness (QED) is 0.712. The molecule has 0 radical (unpaired) electrons. The average Bonchev–Trinajstić information content (AvgIpc) is 2.41. The summed E-state index contributed by atoms with van der Waals surface area (Å²) in [7, 11) is 0. The first-order chi connectivity index (χ1) is 9.00. The summed E-state index contributed by atoms with van der Waals surface area (Å²) in [5.41, 5.74) is -0.707. The number of carbonyl (C=O) groups is 1. The van der Waals surface area contributed by atoms with Crippen LogP contribution in [0.3, 0.4) is 0 Å². The van der Waals surface area contributed by atoms with Crippen molar-refractivity contribution in [2.45, 2.75) is 18.9 Å². The first-order valence-corrected chi connectivity index (χ1v) is 5.88. The van der Waals surface area contributed by atoms with E-state index in [1.165, 1.54) is 0 Å². The molecule has 2 rings (SSSR count). The van der Waals surface area contributed by atoms with Gasteiger partial charge in [-0.05, 0) is 25.5 Å². The van der Waals surface area contributed by atoms with E-state index >= 15 is 0 Å². The number of phenols is 1. The van der Waals surface area contributed by atoms with Crippen LogP contribution >= 0.6 is 0 Å². The van der Waals surface area contributed by atoms with Gasteiger partial charge in [0.1, 0.15) is 0 Å². The normalized spacial score (nSPS) is 19.2. The Hall–Kier alpha value is -1.76. The van der Waals surface area contributed by atoms with Crippen LogP contribution in [0.15, 0.2) is 6.07 Å². The molecule has 1 heterocycles. The lowest BCUT2D eigenvalue weighted by atomic mass is 10.1. The van der Waals surface area contributed by atoms with Crippen molar-refractivity contribution in [2.24, 2.45) is 0 Å². The number of aromatic hydroxyl groups is 1. The van der Waals surface area contributed by atoms with Gasteiger partial charge in [0.25, 0.3) is 5.91 Å². The minimum atomic E-state index is -1.70. The molecule has 1 unspecified atom stereocenters. The third-order valence-electron chi connectivity index (χ3n) is 3.01. The van der Waals surface area contributed by atoms with Crippen molar-refractivity contribution in [3.8, 4) is 5.75 Å². The molecule has 0 saturated carbocycles. The van der Waals surface area contributed by atoms with Crippen molar-refractivity contribution >= 4 is 5.91 Å². The SMILES string of the molecule is O=C(NC1CCCNC1)c1cc(F)c(F)c(O)c1F. The second-order valence-corrected chi connectivity index (χ2v) is 4.40. The maximum atomic E-state index is 13.5. The summed E-state index contributed by atoms with van der Waals surface area (Å²) in [6, 6.07) is 0.242. The molecular formula is C12H13F3N2O2. The second-order valence-electron chi connectivity index (χ2n) is 4.40. The molecule has 1 atom stereocenters. The maximum Gasteiger partial charge on any atom is 0.254 e. The van der Waals surface area contributed by atoms with E-state index in [4.69, 9.17) is 5.11 Å². The van der Waals surface area contributed by atoms with Crippen molar-refractivity contribution in [3.05, 3.63) is 29.1 Å². The minimum Gasteiger partial charge on any atom is -0.503 e. The zero-order valence-electron chi connectivity index (χ0n) is 9.97. The van der Waals surface area contributed by atoms with Crippen LogP contribution < -0.4 is 10.6 Å². The molecule has 104 valence electrons. The number of piperidine rings is 1. The molecule has 0 spiro atoms. The van der Waals surface area contributed by atoms with Gasteiger partial charge in [0, 0.05) is 12.6 Å². The molecule has 1 aromatic carbocycles. The number of carbonyl (C=O) groups excluding carboxylic acids is 1. The van der Waals surface area contributed by atoms with Gasteiger partial charge >= 0.3 is 0 Å². The first-order valence-electron chi connectivity index (χ1n) is 5.88. The van der Waals surface area contributed by atoms with Crippen LogP contribution in [-0.4, -0.2) is 30.1 Å². The van der Waals surface area contributed by atoms with Crippen LogP contribution in [-0.2, 0) is 0 Å². The standard InChI is InChI=1S/C12H13F3N2O2/c13-8-4-7(9(14)11(18)10(8)15)12(19)17-6-2-1-3-16-5-6/h4,6,16,18H,1-3,5H2,(H,17,19). The van der Waals surface area contributed by atoms with Crippen LogP contribution in [0.25, 0.3) is 0 Å². The summed E-state index contributed by atoms with van der Waals surface area (Å²) >= 11 is 0. The van der Waals surface area contributed by atoms with E-state index in [9.17, 15) is 18.0 Å². The molecular weight excluding hydrogens is 261 g/mol. The van der Waals surface area contributed by atoms with E-state index in [1.807, 2.05) is 0 Å². The highest BCUT2D eigenvalue weighted by Gasteiger charge is 2.24. The second kappa shape index (κ2) is 5.48. The zero-order chi connectivity index (χ0) is 14.0. The number of hydrogen-bond donors (Lipinski definition) is 3. The van der Waals surface area contributed by atoms with Gasteiger partial charge in [-0.1, -0.05) is 0 Å². The predicted molar refractivity (Wildman–Crippen MR) is 61.3 cm³/mol. The lowest BCUT2D eigenvalue weighted by Gasteiger charge is -2.23. The van der Waals surface area contributed by atoms with Gasteiger partial charge in [-0.3, -0.25) is 4.79 Å². The Balaban J connectivity index is 2.19. The highest BCUT2D eigenvalue weighted by atomic mass is 19.2. The zero-order valence-corrected chi connectivity index (χ0v) is 9.97. The fourth-order valence-corrected chi connectivity index (χ4v) is 1.99. The van der Waals surface area contributed by atoms with Crippen LogP contribution in [0.4, 0.5) is 13.2 Å². The van der Waals surface area contributed by atoms with Gasteiger partial charge in [0.15, 0.2) is 17.4 Å². The summed E-state index contributed by atoms with van der Waals surface area (Å²) < 4.78 is 39.5. The monoisotopic (exact) mass is 274 g/mol. The minimum absolute atomic E-state index is 0.198. The van der Waals surface area contributed by atoms with E-state index in [2.05, 4.69) is 10.6 Å². The Morgan fingerprint density at radius 3 is 2.74 bits per heavy atom. The number of hydrogen-bond acceptors (Lipinski definition) is 3. The van der Waals surface area contributed by atoms with Gasteiger partial charge in [0.2, 0.25) is 5.82 Å². The van der Waals surface area contributed by atoms with Crippen molar-refractivity contribution in [3.63, 3.8) is 0 Å². The van der Waals surface area contributed by atoms with Gasteiger partial charge < -0.3 is 15.7 Å². The van der Waals surface area contributed by atoms with Crippen LogP contribution in [0.1, 0.15) is 23.2 Å². The van der Waals surface area contributed by atoms with Gasteiger partial charge in [-0.2, -0.15) is 4.39 Å². The molecule has 0 aliphatic carbocycles. The molecule has 7 heteroatoms. The average molecular weight is 274 g/mol. The largest absolute Gasteiger partial charge is 0.503 e. The molecule has 1 fully saturated rings. The smallest absolute Gasteiger partial charge is 0.254 e. The summed E-state index contributed by atoms with van der Waals surface area (Å²) in [6.07, 6.45) is 1.58. The van der Waals surface area contributed by atoms with Gasteiger partial charge in [-0.15, -0.1) is 0 Å². The number of benzene rings is 1. The van der Waals surface area contributed by atoms with Crippen molar-refractivity contribution in [1.82, 2.24) is 10.6 Å². The molecule has 19 heavy (non-hydrogen) atoms. The molecule has 4 nitrogen and oxygen atoms in total. The highest BCUT2D eigenvalue weighted by Crippen LogP contribution is 2.25. The predicted octanol–water partition coefficient (Wildman–Crippen LogP) is 1.29. The summed E-state index contributed by atoms with van der Waals surface area (Å²) in [5.74, 6) is -6.98. The summed E-state index contributed by atoms with van der Waals surface area (Å²) in [4.78, 5) is 11.8. The third kappa shape index (κ3) is 2.81. The molecule has 1 aliphatic rings. The Morgan fingerprint density at radius 1 is 1.37 bits per heavy atom. The highest BCUT2D eigenvalue weighted by molar-refractivity contribution is 5.95. The maximum absolute atomic E-state index is 13.5. The Morgan fingerprint density at radius 2 is 2.11 bits per heavy atom. The van der Waals surface area contributed by atoms with Crippen molar-refractivity contribution in [2.75, 3.05) is 13.1 Å². The van der Waals surface area contributed by atoms with Crippen LogP contribution in [0.2, 0.25) is 0 Å². The molecule has 1 aliphatic heterocycles. The Kier molecular flexibility index (Phi) is 3.94. The Bertz CT molecular complexity index is 502. The summed E-state index contributed by atoms with van der Waals surface area (Å²) in [5, 5.41) is 14.6. The van der Waals surface area contributed by atoms with Gasteiger partial charge in [-0.25, -0.2) is 8.78 Å². The fourth-order valence-electron chi connectivity index (χ4n) is 1.99. The van der Waals surface area contributed by atoms with Crippen molar-refractivity contribution < 1.29 is 23.1 Å². The lowest BCUT2D eigenvalue weighted by Crippen LogP contribution is -2.45. The number of phenolic OH excluding ortho intramolecular Hbond substituents is 1. The number of amides is 1. The Labute approximate surface area is 107 Å². The fraction of sp³-hybridized carbons (Fsp3) is 0.417. The van der Waals surface area contributed by atoms with E-state index in [1.54, 1.807) is 0 Å². The van der Waals surface area contributed by atoms with Gasteiger partial charge in [0.05, 0.1) is 5.56 Å². The molecule has 3 N–H and O–H groups in total. The molecule has 0 bridgehead atoms. The number of rotatable bonds is 2. The molecule has 0 aromatic heterocycles. The van der Waals surface area contributed by atoms with E-state index in [0.29, 0.717) is 12.6 Å². The molecule has 1 aromatic rings. The first kappa shape index (κ1) is 13.7. The van der Waals surface area contributed by atoms with Crippen molar-refractivity contribution in [1.29, 1.82) is 0 Å². The van der Waals surface area contributed by atoms with Crippen LogP contribution in [0, 0.1) is 17.5 Å². The van der Waals surface area contributed by atoms with E-state index in [-0.39, 0.29) is 6.04 Å². The summed E-state index contributed by atoms with van der Waals surface area (Å²) in [6.45, 7) is 1.37. The van der Waals surface area contributed by atoms with E-state index < -0.39 is 34.7 Å². The van der Waals surface area contributed by atoms with E-state index in [0.717, 1.165) is 19.4 Å². The van der Waals surface area contributed by atoms with Crippen LogP contribution in [0.5, 0.6) is 5.75 Å².